The fourth-order valence-corrected chi connectivity index (χ4v) is 2.49. The van der Waals surface area contributed by atoms with Crippen LogP contribution < -0.4 is 4.57 Å². The summed E-state index contributed by atoms with van der Waals surface area (Å²) in [5.74, 6) is 0. The Labute approximate surface area is 118 Å². The van der Waals surface area contributed by atoms with Gasteiger partial charge >= 0.3 is 5.51 Å². The molecule has 0 amide bonds. The highest BCUT2D eigenvalue weighted by Crippen LogP contribution is 2.20. The third-order valence-corrected chi connectivity index (χ3v) is 3.88. The van der Waals surface area contributed by atoms with Gasteiger partial charge in [0.05, 0.1) is 0 Å². The van der Waals surface area contributed by atoms with E-state index in [4.69, 9.17) is 13.0 Å². The topological polar surface area (TPSA) is 61.1 Å². The Bertz CT molecular complexity index is 521. The Balaban J connectivity index is 0.000000396. The second kappa shape index (κ2) is 6.68. The smallest absolute Gasteiger partial charge is 0.485 e. The van der Waals surface area contributed by atoms with E-state index in [0.29, 0.717) is 0 Å². The van der Waals surface area contributed by atoms with E-state index in [0.717, 1.165) is 0 Å². The Hall–Kier alpha value is -0.933. The van der Waals surface area contributed by atoms with Crippen molar-refractivity contribution in [3.05, 3.63) is 30.1 Å². The minimum absolute atomic E-state index is 0.952. The lowest BCUT2D eigenvalue weighted by Gasteiger charge is -2.10. The van der Waals surface area contributed by atoms with Gasteiger partial charge in [-0.2, -0.15) is 13.2 Å². The van der Waals surface area contributed by atoms with E-state index >= 15 is 0 Å². The van der Waals surface area contributed by atoms with Crippen LogP contribution in [0.4, 0.5) is 13.2 Å². The quantitative estimate of drug-likeness (QED) is 0.362. The second-order valence-electron chi connectivity index (χ2n) is 5.51. The van der Waals surface area contributed by atoms with E-state index in [9.17, 15) is 13.2 Å². The van der Waals surface area contributed by atoms with E-state index in [-0.39, 0.29) is 0 Å². The predicted molar refractivity (Wildman–Crippen MR) is 70.5 cm³/mol. The minimum atomic E-state index is -6.09. The molecule has 0 aromatic carbocycles. The summed E-state index contributed by atoms with van der Waals surface area (Å²) in [5, 5.41) is 0. The lowest BCUT2D eigenvalue weighted by molar-refractivity contribution is -0.681. The van der Waals surface area contributed by atoms with Gasteiger partial charge < -0.3 is 4.55 Å². The van der Waals surface area contributed by atoms with Crippen molar-refractivity contribution in [1.29, 1.82) is 0 Å². The van der Waals surface area contributed by atoms with Crippen molar-refractivity contribution >= 4 is 18.2 Å². The molecule has 1 rings (SSSR count). The number of halogens is 3. The molecule has 0 aliphatic heterocycles. The van der Waals surface area contributed by atoms with Gasteiger partial charge in [0.25, 0.3) is 0 Å². The average molecular weight is 329 g/mol. The van der Waals surface area contributed by atoms with Gasteiger partial charge in [-0.25, -0.2) is 13.0 Å². The van der Waals surface area contributed by atoms with Crippen molar-refractivity contribution in [3.8, 4) is 0 Å². The van der Waals surface area contributed by atoms with E-state index < -0.39 is 23.7 Å². The number of aryl methyl sites for hydroxylation is 1. The largest absolute Gasteiger partial charge is 0.741 e. The summed E-state index contributed by atoms with van der Waals surface area (Å²) in [6.07, 6.45) is 5.56. The fourth-order valence-electron chi connectivity index (χ4n) is 1.18. The molecule has 9 heteroatoms. The lowest BCUT2D eigenvalue weighted by atomic mass is 10.3. The third kappa shape index (κ3) is 8.28. The molecular weight excluding hydrogens is 311 g/mol. The molecule has 4 nitrogen and oxygen atoms in total. The zero-order valence-corrected chi connectivity index (χ0v) is 13.5. The number of aromatic nitrogens is 1. The minimum Gasteiger partial charge on any atom is -0.741 e. The van der Waals surface area contributed by atoms with Gasteiger partial charge in [-0.3, -0.25) is 0 Å². The van der Waals surface area contributed by atoms with Crippen LogP contribution in [0.25, 0.3) is 0 Å². The fraction of sp³-hybridized carbons (Fsp3) is 0.545. The average Bonchev–Trinajstić information content (AvgIpc) is 2.17. The Morgan fingerprint density at radius 1 is 1.20 bits per heavy atom. The van der Waals surface area contributed by atoms with Gasteiger partial charge in [0, 0.05) is 12.1 Å². The van der Waals surface area contributed by atoms with Crippen molar-refractivity contribution < 1.29 is 30.7 Å². The Kier molecular flexibility index (Phi) is 6.37. The highest BCUT2D eigenvalue weighted by molar-refractivity contribution is 7.86. The maximum atomic E-state index is 10.7. The van der Waals surface area contributed by atoms with Crippen LogP contribution in [0.5, 0.6) is 0 Å². The molecule has 0 N–H and O–H groups in total. The molecule has 0 saturated carbocycles. The van der Waals surface area contributed by atoms with Crippen molar-refractivity contribution in [2.45, 2.75) is 38.2 Å². The summed E-state index contributed by atoms with van der Waals surface area (Å²) in [6, 6.07) is 4.33. The molecule has 0 aliphatic carbocycles. The summed E-state index contributed by atoms with van der Waals surface area (Å²) in [4.78, 5) is 0. The molecule has 116 valence electrons. The number of rotatable bonds is 2. The van der Waals surface area contributed by atoms with Crippen LogP contribution >= 0.6 is 0 Å². The molecule has 0 unspecified atom stereocenters. The van der Waals surface area contributed by atoms with Gasteiger partial charge in [-0.05, 0) is 12.5 Å². The first-order valence-corrected chi connectivity index (χ1v) is 10.8. The zero-order valence-electron chi connectivity index (χ0n) is 11.7. The Morgan fingerprint density at radius 3 is 1.80 bits per heavy atom. The Morgan fingerprint density at radius 2 is 1.55 bits per heavy atom. The molecule has 0 radical (unpaired) electrons. The number of pyridine rings is 1. The molecular formula is C11H18F3NO3SSi. The van der Waals surface area contributed by atoms with Gasteiger partial charge in [0.1, 0.15) is 14.2 Å². The standard InChI is InChI=1S/C10H18NSi.CHF3O3S/c1-10-5-7-11(8-6-10)9-12(2,3)4;2-1(3,4)8(5,6)7/h5-8H,9H2,1-4H3;(H,5,6,7)/q+1;/p-1. The molecule has 0 fully saturated rings. The van der Waals surface area contributed by atoms with Crippen LogP contribution in [-0.2, 0) is 16.3 Å². The third-order valence-electron chi connectivity index (χ3n) is 2.00. The van der Waals surface area contributed by atoms with Crippen molar-refractivity contribution in [2.24, 2.45) is 0 Å². The van der Waals surface area contributed by atoms with Gasteiger partial charge in [0.15, 0.2) is 22.5 Å². The summed E-state index contributed by atoms with van der Waals surface area (Å²) in [6.45, 7) is 9.29. The lowest BCUT2D eigenvalue weighted by Crippen LogP contribution is -2.45. The van der Waals surface area contributed by atoms with Crippen molar-refractivity contribution in [3.63, 3.8) is 0 Å². The van der Waals surface area contributed by atoms with E-state index in [1.165, 1.54) is 11.7 Å². The highest BCUT2D eigenvalue weighted by Gasteiger charge is 2.36. The second-order valence-corrected chi connectivity index (χ2v) is 12.3. The highest BCUT2D eigenvalue weighted by atomic mass is 32.2. The molecule has 1 aromatic heterocycles. The van der Waals surface area contributed by atoms with Crippen molar-refractivity contribution in [1.82, 2.24) is 0 Å². The van der Waals surface area contributed by atoms with Crippen LogP contribution in [0.2, 0.25) is 19.6 Å². The SMILES string of the molecule is Cc1cc[n+](C[Si](C)(C)C)cc1.O=S(=O)([O-])C(F)(F)F. The molecule has 0 atom stereocenters. The molecule has 0 bridgehead atoms. The van der Waals surface area contributed by atoms with E-state index in [2.05, 4.69) is 55.7 Å². The molecule has 1 aromatic rings. The van der Waals surface area contributed by atoms with Crippen LogP contribution in [0.1, 0.15) is 5.56 Å². The van der Waals surface area contributed by atoms with Crippen LogP contribution in [0, 0.1) is 6.92 Å². The molecule has 1 heterocycles. The maximum absolute atomic E-state index is 10.7. The first kappa shape index (κ1) is 19.1. The first-order valence-electron chi connectivity index (χ1n) is 5.70. The number of nitrogens with zero attached hydrogens (tertiary/aromatic N) is 1. The number of hydrogen-bond donors (Lipinski definition) is 0. The van der Waals surface area contributed by atoms with Gasteiger partial charge in [0.2, 0.25) is 0 Å². The number of alkyl halides is 3. The van der Waals surface area contributed by atoms with Crippen molar-refractivity contribution in [2.75, 3.05) is 0 Å². The van der Waals surface area contributed by atoms with E-state index in [1.54, 1.807) is 0 Å². The zero-order chi connectivity index (χ0) is 16.2. The summed E-state index contributed by atoms with van der Waals surface area (Å²) < 4.78 is 61.2. The van der Waals surface area contributed by atoms with Crippen LogP contribution in [0.15, 0.2) is 24.5 Å². The van der Waals surface area contributed by atoms with Gasteiger partial charge in [-0.1, -0.05) is 19.6 Å². The summed E-state index contributed by atoms with van der Waals surface area (Å²) >= 11 is 0. The molecule has 0 saturated heterocycles. The first-order chi connectivity index (χ1) is 8.72. The predicted octanol–water partition coefficient (Wildman–Crippen LogP) is 2.21. The van der Waals surface area contributed by atoms with Crippen LogP contribution in [0.3, 0.4) is 0 Å². The maximum Gasteiger partial charge on any atom is 0.485 e. The van der Waals surface area contributed by atoms with E-state index in [1.807, 2.05) is 0 Å². The number of hydrogen-bond acceptors (Lipinski definition) is 3. The summed E-state index contributed by atoms with van der Waals surface area (Å²) in [7, 11) is -7.04. The molecule has 20 heavy (non-hydrogen) atoms. The molecule has 0 aliphatic rings. The van der Waals surface area contributed by atoms with Gasteiger partial charge in [-0.15, -0.1) is 0 Å². The monoisotopic (exact) mass is 329 g/mol. The molecule has 0 spiro atoms. The summed E-state index contributed by atoms with van der Waals surface area (Å²) in [5.41, 5.74) is -4.31. The van der Waals surface area contributed by atoms with Crippen LogP contribution in [-0.4, -0.2) is 26.6 Å². The normalized spacial score (nSPS) is 12.6.